The molecule has 1 aromatic carbocycles. The van der Waals surface area contributed by atoms with Gasteiger partial charge in [0.2, 0.25) is 0 Å². The average Bonchev–Trinajstić information content (AvgIpc) is 2.26. The molecule has 4 nitrogen and oxygen atoms in total. The first-order chi connectivity index (χ1) is 8.79. The fourth-order valence-electron chi connectivity index (χ4n) is 1.78. The van der Waals surface area contributed by atoms with Crippen LogP contribution >= 0.6 is 0 Å². The summed E-state index contributed by atoms with van der Waals surface area (Å²) >= 11 is 0. The van der Waals surface area contributed by atoms with Crippen molar-refractivity contribution in [2.24, 2.45) is 0 Å². The van der Waals surface area contributed by atoms with Crippen molar-refractivity contribution >= 4 is 22.4 Å². The van der Waals surface area contributed by atoms with E-state index in [9.17, 15) is 9.18 Å². The highest BCUT2D eigenvalue weighted by Crippen LogP contribution is 2.26. The summed E-state index contributed by atoms with van der Waals surface area (Å²) < 4.78 is 19.0. The van der Waals surface area contributed by atoms with Crippen LogP contribution in [-0.4, -0.2) is 16.6 Å². The molecule has 0 saturated carbocycles. The lowest BCUT2D eigenvalue weighted by atomic mass is 10.1. The molecule has 19 heavy (non-hydrogen) atoms. The molecular weight excluding hydrogens is 247 g/mol. The minimum absolute atomic E-state index is 0.0682. The quantitative estimate of drug-likeness (QED) is 0.634. The van der Waals surface area contributed by atoms with Crippen LogP contribution in [0.2, 0.25) is 0 Å². The van der Waals surface area contributed by atoms with E-state index in [4.69, 9.17) is 10.5 Å². The van der Waals surface area contributed by atoms with Gasteiger partial charge >= 0.3 is 5.97 Å². The fourth-order valence-corrected chi connectivity index (χ4v) is 1.78. The molecule has 0 aliphatic carbocycles. The number of carbonyl (C=O) groups excluding carboxylic acids is 1. The van der Waals surface area contributed by atoms with Crippen molar-refractivity contribution in [1.82, 2.24) is 4.98 Å². The number of aromatic nitrogens is 1. The molecule has 2 N–H and O–H groups in total. The summed E-state index contributed by atoms with van der Waals surface area (Å²) in [6, 6.07) is 4.82. The van der Waals surface area contributed by atoms with Crippen LogP contribution in [0, 0.1) is 5.82 Å². The van der Waals surface area contributed by atoms with Gasteiger partial charge in [-0.3, -0.25) is 0 Å². The number of nitrogens with zero attached hydrogens (tertiary/aromatic N) is 1. The number of ether oxygens (including phenoxy) is 1. The summed E-state index contributed by atoms with van der Waals surface area (Å²) in [6.45, 7) is 5.26. The van der Waals surface area contributed by atoms with Crippen LogP contribution in [0.3, 0.4) is 0 Å². The standard InChI is InChI=1S/C14H15FN2O2/c1-14(2,3)19-13(18)12-8-5-4-6-10(16)11(8)9(15)7-17-12/h4-7H,16H2,1-3H3. The fraction of sp³-hybridized carbons (Fsp3) is 0.286. The molecule has 1 heterocycles. The summed E-state index contributed by atoms with van der Waals surface area (Å²) in [5.74, 6) is -1.15. The topological polar surface area (TPSA) is 65.2 Å². The number of nitrogen functional groups attached to an aromatic ring is 1. The molecule has 2 aromatic rings. The van der Waals surface area contributed by atoms with Crippen LogP contribution in [-0.2, 0) is 4.74 Å². The molecule has 5 heteroatoms. The Morgan fingerprint density at radius 3 is 2.68 bits per heavy atom. The molecule has 2 rings (SSSR count). The summed E-state index contributed by atoms with van der Waals surface area (Å²) in [4.78, 5) is 15.9. The molecule has 0 fully saturated rings. The van der Waals surface area contributed by atoms with Gasteiger partial charge in [-0.15, -0.1) is 0 Å². The lowest BCUT2D eigenvalue weighted by molar-refractivity contribution is 0.00654. The highest BCUT2D eigenvalue weighted by atomic mass is 19.1. The molecule has 0 bridgehead atoms. The lowest BCUT2D eigenvalue weighted by Crippen LogP contribution is -2.24. The minimum atomic E-state index is -0.639. The summed E-state index contributed by atoms with van der Waals surface area (Å²) in [6.07, 6.45) is 0.984. The zero-order chi connectivity index (χ0) is 14.2. The molecule has 0 spiro atoms. The zero-order valence-electron chi connectivity index (χ0n) is 11.0. The number of hydrogen-bond donors (Lipinski definition) is 1. The van der Waals surface area contributed by atoms with Crippen molar-refractivity contribution in [2.45, 2.75) is 26.4 Å². The predicted octanol–water partition coefficient (Wildman–Crippen LogP) is 2.91. The second-order valence-corrected chi connectivity index (χ2v) is 5.23. The number of carbonyl (C=O) groups is 1. The number of esters is 1. The number of hydrogen-bond acceptors (Lipinski definition) is 4. The molecule has 100 valence electrons. The zero-order valence-corrected chi connectivity index (χ0v) is 11.0. The third kappa shape index (κ3) is 2.65. The van der Waals surface area contributed by atoms with Gasteiger partial charge in [-0.25, -0.2) is 14.2 Å². The van der Waals surface area contributed by atoms with Gasteiger partial charge in [0.05, 0.1) is 6.20 Å². The van der Waals surface area contributed by atoms with Crippen molar-refractivity contribution in [3.63, 3.8) is 0 Å². The Balaban J connectivity index is 2.60. The molecule has 0 aliphatic rings. The highest BCUT2D eigenvalue weighted by Gasteiger charge is 2.22. The van der Waals surface area contributed by atoms with E-state index in [2.05, 4.69) is 4.98 Å². The van der Waals surface area contributed by atoms with Crippen LogP contribution in [0.5, 0.6) is 0 Å². The van der Waals surface area contributed by atoms with Crippen LogP contribution in [0.1, 0.15) is 31.3 Å². The lowest BCUT2D eigenvalue weighted by Gasteiger charge is -2.19. The van der Waals surface area contributed by atoms with E-state index in [1.807, 2.05) is 0 Å². The van der Waals surface area contributed by atoms with Gasteiger partial charge in [-0.1, -0.05) is 12.1 Å². The van der Waals surface area contributed by atoms with Crippen molar-refractivity contribution < 1.29 is 13.9 Å². The molecule has 0 amide bonds. The molecule has 0 radical (unpaired) electrons. The van der Waals surface area contributed by atoms with Gasteiger partial charge in [-0.05, 0) is 26.8 Å². The van der Waals surface area contributed by atoms with Crippen molar-refractivity contribution in [3.8, 4) is 0 Å². The molecule has 0 saturated heterocycles. The Bertz CT molecular complexity index is 639. The maximum Gasteiger partial charge on any atom is 0.358 e. The maximum atomic E-state index is 13.7. The molecule has 0 unspecified atom stereocenters. The van der Waals surface area contributed by atoms with E-state index >= 15 is 0 Å². The van der Waals surface area contributed by atoms with Gasteiger partial charge in [-0.2, -0.15) is 0 Å². The first-order valence-electron chi connectivity index (χ1n) is 5.85. The van der Waals surface area contributed by atoms with Gasteiger partial charge in [0.15, 0.2) is 11.5 Å². The average molecular weight is 262 g/mol. The first kappa shape index (κ1) is 13.3. The molecular formula is C14H15FN2O2. The van der Waals surface area contributed by atoms with Crippen molar-refractivity contribution in [3.05, 3.63) is 35.9 Å². The molecule has 1 aromatic heterocycles. The third-order valence-electron chi connectivity index (χ3n) is 2.49. The Morgan fingerprint density at radius 2 is 2.05 bits per heavy atom. The van der Waals surface area contributed by atoms with Gasteiger partial charge < -0.3 is 10.5 Å². The summed E-state index contributed by atoms with van der Waals surface area (Å²) in [5.41, 5.74) is 5.43. The first-order valence-corrected chi connectivity index (χ1v) is 5.85. The van der Waals surface area contributed by atoms with Gasteiger partial charge in [0.1, 0.15) is 5.60 Å². The van der Waals surface area contributed by atoms with Crippen LogP contribution in [0.15, 0.2) is 24.4 Å². The number of anilines is 1. The number of nitrogens with two attached hydrogens (primary N) is 1. The number of halogens is 1. The second kappa shape index (κ2) is 4.50. The Kier molecular flexibility index (Phi) is 3.14. The van der Waals surface area contributed by atoms with Crippen molar-refractivity contribution in [2.75, 3.05) is 5.73 Å². The van der Waals surface area contributed by atoms with Crippen LogP contribution in [0.25, 0.3) is 10.8 Å². The third-order valence-corrected chi connectivity index (χ3v) is 2.49. The van der Waals surface area contributed by atoms with Crippen molar-refractivity contribution in [1.29, 1.82) is 0 Å². The van der Waals surface area contributed by atoms with E-state index in [-0.39, 0.29) is 16.8 Å². The monoisotopic (exact) mass is 262 g/mol. The number of benzene rings is 1. The normalized spacial score (nSPS) is 11.6. The Hall–Kier alpha value is -2.17. The Labute approximate surface area is 110 Å². The molecule has 0 atom stereocenters. The molecule has 0 aliphatic heterocycles. The predicted molar refractivity (Wildman–Crippen MR) is 71.3 cm³/mol. The van der Waals surface area contributed by atoms with E-state index in [1.54, 1.807) is 39.0 Å². The van der Waals surface area contributed by atoms with Crippen LogP contribution in [0.4, 0.5) is 10.1 Å². The SMILES string of the molecule is CC(C)(C)OC(=O)c1ncc(F)c2c(N)cccc12. The van der Waals surface area contributed by atoms with Gasteiger partial charge in [0, 0.05) is 16.5 Å². The largest absolute Gasteiger partial charge is 0.455 e. The number of rotatable bonds is 1. The minimum Gasteiger partial charge on any atom is -0.455 e. The van der Waals surface area contributed by atoms with E-state index in [1.165, 1.54) is 0 Å². The van der Waals surface area contributed by atoms with E-state index in [0.717, 1.165) is 6.20 Å². The maximum absolute atomic E-state index is 13.7. The summed E-state index contributed by atoms with van der Waals surface area (Å²) in [5, 5.41) is 0.549. The number of pyridine rings is 1. The smallest absolute Gasteiger partial charge is 0.358 e. The Morgan fingerprint density at radius 1 is 1.37 bits per heavy atom. The second-order valence-electron chi connectivity index (χ2n) is 5.23. The number of fused-ring (bicyclic) bond motifs is 1. The van der Waals surface area contributed by atoms with E-state index < -0.39 is 17.4 Å². The van der Waals surface area contributed by atoms with E-state index in [0.29, 0.717) is 5.39 Å². The highest BCUT2D eigenvalue weighted by molar-refractivity contribution is 6.06. The summed E-state index contributed by atoms with van der Waals surface area (Å²) in [7, 11) is 0. The van der Waals surface area contributed by atoms with Crippen LogP contribution < -0.4 is 5.73 Å². The van der Waals surface area contributed by atoms with Gasteiger partial charge in [0.25, 0.3) is 0 Å².